The molecule has 10 heavy (non-hydrogen) atoms. The zero-order valence-electron chi connectivity index (χ0n) is 6.89. The minimum atomic E-state index is 0.0503. The van der Waals surface area contributed by atoms with Crippen molar-refractivity contribution in [2.75, 3.05) is 7.11 Å². The fourth-order valence-electron chi connectivity index (χ4n) is 1.62. The highest BCUT2D eigenvalue weighted by atomic mass is 16.5. The highest BCUT2D eigenvalue weighted by Gasteiger charge is 2.41. The summed E-state index contributed by atoms with van der Waals surface area (Å²) in [6, 6.07) is 0.242. The van der Waals surface area contributed by atoms with E-state index in [1.807, 2.05) is 0 Å². The van der Waals surface area contributed by atoms with Gasteiger partial charge in [-0.3, -0.25) is 0 Å². The molecule has 60 valence electrons. The van der Waals surface area contributed by atoms with Crippen LogP contribution in [0.15, 0.2) is 0 Å². The van der Waals surface area contributed by atoms with E-state index in [4.69, 9.17) is 10.5 Å². The number of hydrogen-bond acceptors (Lipinski definition) is 2. The minimum Gasteiger partial charge on any atom is -0.377 e. The molecule has 1 fully saturated rings. The summed E-state index contributed by atoms with van der Waals surface area (Å²) in [5.41, 5.74) is 5.95. The van der Waals surface area contributed by atoms with Crippen molar-refractivity contribution in [3.05, 3.63) is 0 Å². The van der Waals surface area contributed by atoms with Crippen LogP contribution in [0.3, 0.4) is 0 Å². The standard InChI is InChI=1S/C8H17NO/c1-3-7(9)8(10-2)5-4-6-8/h7H,3-6,9H2,1-2H3/t7-/m0/s1. The van der Waals surface area contributed by atoms with Crippen LogP contribution in [0.25, 0.3) is 0 Å². The molecule has 1 aliphatic carbocycles. The predicted molar refractivity (Wildman–Crippen MR) is 41.9 cm³/mol. The van der Waals surface area contributed by atoms with E-state index in [0.717, 1.165) is 19.3 Å². The molecule has 1 rings (SSSR count). The van der Waals surface area contributed by atoms with Gasteiger partial charge in [0.15, 0.2) is 0 Å². The molecule has 0 spiro atoms. The fourth-order valence-corrected chi connectivity index (χ4v) is 1.62. The molecule has 0 saturated heterocycles. The number of hydrogen-bond donors (Lipinski definition) is 1. The Morgan fingerprint density at radius 3 is 2.30 bits per heavy atom. The second-order valence-electron chi connectivity index (χ2n) is 3.14. The Kier molecular flexibility index (Phi) is 2.32. The van der Waals surface area contributed by atoms with Gasteiger partial charge in [-0.2, -0.15) is 0 Å². The lowest BCUT2D eigenvalue weighted by Crippen LogP contribution is -2.54. The second-order valence-corrected chi connectivity index (χ2v) is 3.14. The molecule has 0 amide bonds. The Bertz CT molecular complexity index is 104. The summed E-state index contributed by atoms with van der Waals surface area (Å²) in [6.07, 6.45) is 4.60. The van der Waals surface area contributed by atoms with Gasteiger partial charge >= 0.3 is 0 Å². The van der Waals surface area contributed by atoms with E-state index in [2.05, 4.69) is 6.92 Å². The quantitative estimate of drug-likeness (QED) is 0.646. The average molecular weight is 143 g/mol. The molecular formula is C8H17NO. The maximum Gasteiger partial charge on any atom is 0.0828 e. The summed E-state index contributed by atoms with van der Waals surface area (Å²) >= 11 is 0. The average Bonchev–Trinajstić information content (AvgIpc) is 1.86. The highest BCUT2D eigenvalue weighted by molar-refractivity contribution is 4.97. The van der Waals surface area contributed by atoms with Crippen molar-refractivity contribution in [3.8, 4) is 0 Å². The van der Waals surface area contributed by atoms with Gasteiger partial charge in [0.2, 0.25) is 0 Å². The molecule has 0 aromatic carbocycles. The number of nitrogens with two attached hydrogens (primary N) is 1. The third-order valence-corrected chi connectivity index (χ3v) is 2.72. The lowest BCUT2D eigenvalue weighted by molar-refractivity contribution is -0.0904. The largest absolute Gasteiger partial charge is 0.377 e. The number of rotatable bonds is 3. The molecule has 1 aliphatic rings. The molecule has 0 unspecified atom stereocenters. The SMILES string of the molecule is CC[C@H](N)C1(OC)CCC1. The van der Waals surface area contributed by atoms with Crippen LogP contribution in [0.5, 0.6) is 0 Å². The van der Waals surface area contributed by atoms with Gasteiger partial charge in [-0.15, -0.1) is 0 Å². The maximum absolute atomic E-state index is 5.90. The smallest absolute Gasteiger partial charge is 0.0828 e. The molecule has 2 heteroatoms. The topological polar surface area (TPSA) is 35.2 Å². The molecule has 1 atom stereocenters. The minimum absolute atomic E-state index is 0.0503. The van der Waals surface area contributed by atoms with Gasteiger partial charge < -0.3 is 10.5 Å². The van der Waals surface area contributed by atoms with Gasteiger partial charge in [0, 0.05) is 13.2 Å². The first-order chi connectivity index (χ1) is 4.75. The summed E-state index contributed by atoms with van der Waals surface area (Å²) < 4.78 is 5.40. The van der Waals surface area contributed by atoms with Crippen molar-refractivity contribution in [3.63, 3.8) is 0 Å². The Hall–Kier alpha value is -0.0800. The van der Waals surface area contributed by atoms with Gasteiger partial charge in [-0.05, 0) is 25.7 Å². The molecule has 0 aromatic rings. The highest BCUT2D eigenvalue weighted by Crippen LogP contribution is 2.37. The van der Waals surface area contributed by atoms with Crippen LogP contribution in [0.2, 0.25) is 0 Å². The first kappa shape index (κ1) is 8.02. The van der Waals surface area contributed by atoms with E-state index < -0.39 is 0 Å². The Balaban J connectivity index is 2.46. The zero-order chi connectivity index (χ0) is 7.61. The van der Waals surface area contributed by atoms with Crippen LogP contribution in [0.4, 0.5) is 0 Å². The van der Waals surface area contributed by atoms with E-state index in [9.17, 15) is 0 Å². The molecule has 2 nitrogen and oxygen atoms in total. The van der Waals surface area contributed by atoms with E-state index in [1.165, 1.54) is 6.42 Å². The fraction of sp³-hybridized carbons (Fsp3) is 1.00. The number of ether oxygens (including phenoxy) is 1. The van der Waals surface area contributed by atoms with Crippen molar-refractivity contribution in [2.45, 2.75) is 44.2 Å². The van der Waals surface area contributed by atoms with Crippen LogP contribution in [0, 0.1) is 0 Å². The summed E-state index contributed by atoms with van der Waals surface area (Å²) in [7, 11) is 1.77. The van der Waals surface area contributed by atoms with Crippen molar-refractivity contribution in [1.29, 1.82) is 0 Å². The van der Waals surface area contributed by atoms with Crippen molar-refractivity contribution in [1.82, 2.24) is 0 Å². The Morgan fingerprint density at radius 2 is 2.20 bits per heavy atom. The lowest BCUT2D eigenvalue weighted by atomic mass is 9.74. The third-order valence-electron chi connectivity index (χ3n) is 2.72. The van der Waals surface area contributed by atoms with E-state index in [-0.39, 0.29) is 11.6 Å². The summed E-state index contributed by atoms with van der Waals surface area (Å²) in [5, 5.41) is 0. The van der Waals surface area contributed by atoms with Gasteiger partial charge in [0.05, 0.1) is 5.60 Å². The number of methoxy groups -OCH3 is 1. The molecule has 0 aromatic heterocycles. The first-order valence-electron chi connectivity index (χ1n) is 4.06. The normalized spacial score (nSPS) is 25.5. The summed E-state index contributed by atoms with van der Waals surface area (Å²) in [5.74, 6) is 0. The molecule has 2 N–H and O–H groups in total. The molecule has 0 radical (unpaired) electrons. The summed E-state index contributed by atoms with van der Waals surface area (Å²) in [6.45, 7) is 2.11. The van der Waals surface area contributed by atoms with Crippen molar-refractivity contribution >= 4 is 0 Å². The Labute approximate surface area is 62.7 Å². The molecule has 0 bridgehead atoms. The monoisotopic (exact) mass is 143 g/mol. The van der Waals surface area contributed by atoms with E-state index >= 15 is 0 Å². The molecular weight excluding hydrogens is 126 g/mol. The van der Waals surface area contributed by atoms with Gasteiger partial charge in [0.25, 0.3) is 0 Å². The molecule has 0 aliphatic heterocycles. The van der Waals surface area contributed by atoms with Crippen molar-refractivity contribution in [2.24, 2.45) is 5.73 Å². The maximum atomic E-state index is 5.90. The van der Waals surface area contributed by atoms with Crippen LogP contribution >= 0.6 is 0 Å². The second kappa shape index (κ2) is 2.89. The van der Waals surface area contributed by atoms with Gasteiger partial charge in [-0.25, -0.2) is 0 Å². The first-order valence-corrected chi connectivity index (χ1v) is 4.06. The lowest BCUT2D eigenvalue weighted by Gasteiger charge is -2.44. The summed E-state index contributed by atoms with van der Waals surface area (Å²) in [4.78, 5) is 0. The van der Waals surface area contributed by atoms with E-state index in [0.29, 0.717) is 0 Å². The Morgan fingerprint density at radius 1 is 1.60 bits per heavy atom. The van der Waals surface area contributed by atoms with Gasteiger partial charge in [-0.1, -0.05) is 6.92 Å². The van der Waals surface area contributed by atoms with Crippen LogP contribution in [-0.2, 0) is 4.74 Å². The zero-order valence-corrected chi connectivity index (χ0v) is 6.89. The molecule has 1 saturated carbocycles. The molecule has 0 heterocycles. The van der Waals surface area contributed by atoms with Crippen molar-refractivity contribution < 1.29 is 4.74 Å². The van der Waals surface area contributed by atoms with Gasteiger partial charge in [0.1, 0.15) is 0 Å². The third kappa shape index (κ3) is 1.06. The predicted octanol–water partition coefficient (Wildman–Crippen LogP) is 1.29. The van der Waals surface area contributed by atoms with Crippen LogP contribution in [-0.4, -0.2) is 18.8 Å². The van der Waals surface area contributed by atoms with Crippen LogP contribution in [0.1, 0.15) is 32.6 Å². The van der Waals surface area contributed by atoms with Crippen LogP contribution < -0.4 is 5.73 Å². The van der Waals surface area contributed by atoms with E-state index in [1.54, 1.807) is 7.11 Å².